The molecule has 3 rings (SSSR count). The van der Waals surface area contributed by atoms with E-state index >= 15 is 0 Å². The van der Waals surface area contributed by atoms with Gasteiger partial charge in [-0.05, 0) is 20.3 Å². The van der Waals surface area contributed by atoms with Crippen molar-refractivity contribution in [3.63, 3.8) is 0 Å². The van der Waals surface area contributed by atoms with Crippen molar-refractivity contribution in [2.24, 2.45) is 0 Å². The molecule has 1 aliphatic rings. The zero-order valence-electron chi connectivity index (χ0n) is 25.2. The number of aliphatic hydroxyl groups is 2. The molecule has 1 amide bonds. The number of rotatable bonds is 19. The summed E-state index contributed by atoms with van der Waals surface area (Å²) in [5, 5.41) is 23.3. The molecule has 42 heavy (non-hydrogen) atoms. The number of ether oxygens (including phenoxy) is 1. The van der Waals surface area contributed by atoms with Crippen molar-refractivity contribution in [2.75, 3.05) is 5.32 Å². The third-order valence-corrected chi connectivity index (χ3v) is 8.00. The predicted molar refractivity (Wildman–Crippen MR) is 158 cm³/mol. The van der Waals surface area contributed by atoms with Crippen LogP contribution in [0.15, 0.2) is 11.1 Å². The summed E-state index contributed by atoms with van der Waals surface area (Å²) in [6, 6.07) is 0. The van der Waals surface area contributed by atoms with Crippen molar-refractivity contribution in [3.05, 3.63) is 16.7 Å². The summed E-state index contributed by atoms with van der Waals surface area (Å²) < 4.78 is 7.04. The van der Waals surface area contributed by atoms with Crippen LogP contribution in [0.3, 0.4) is 0 Å². The minimum Gasteiger partial charge on any atom is -0.386 e. The fourth-order valence-corrected chi connectivity index (χ4v) is 5.40. The summed E-state index contributed by atoms with van der Waals surface area (Å²) in [6.45, 7) is 4.59. The highest BCUT2D eigenvalue weighted by atomic mass is 16.5. The second-order valence-corrected chi connectivity index (χ2v) is 11.5. The van der Waals surface area contributed by atoms with Gasteiger partial charge in [0.05, 0.1) is 6.33 Å². The molecule has 1 saturated heterocycles. The minimum atomic E-state index is -2.17. The number of aliphatic hydroxyl groups excluding tert-OH is 1. The van der Waals surface area contributed by atoms with Gasteiger partial charge in [0, 0.05) is 12.8 Å². The van der Waals surface area contributed by atoms with Crippen LogP contribution in [0.25, 0.3) is 11.2 Å². The number of hydrogen-bond donors (Lipinski definition) is 4. The molecule has 3 heterocycles. The molecule has 12 heteroatoms. The number of fused-ring (bicyclic) bond motifs is 1. The fourth-order valence-electron chi connectivity index (χ4n) is 5.40. The van der Waals surface area contributed by atoms with E-state index in [0.717, 1.165) is 26.2 Å². The zero-order valence-corrected chi connectivity index (χ0v) is 25.2. The standard InChI is InChI=1S/C30H47N5O7/c1-4-5-6-7-8-9-10-11-12-13-14-15-16-17-22(38)32-29-33-27-24(28(40)34-29)31-19-35(27)23-18-30(41,21(3)37)26(42-23)25(39)20(2)36/h19-20,23,26,36,41H,4-18H2,1-3H3,(H2,32,33,34,38,40)/t20?,23-,26-,30-/m1/s1. The van der Waals surface area contributed by atoms with Crippen LogP contribution in [0.1, 0.15) is 123 Å². The second kappa shape index (κ2) is 16.0. The Labute approximate surface area is 246 Å². The van der Waals surface area contributed by atoms with Crippen molar-refractivity contribution in [3.8, 4) is 0 Å². The van der Waals surface area contributed by atoms with Gasteiger partial charge >= 0.3 is 0 Å². The summed E-state index contributed by atoms with van der Waals surface area (Å²) in [5.74, 6) is -1.88. The number of nitrogens with zero attached hydrogens (tertiary/aromatic N) is 3. The van der Waals surface area contributed by atoms with Crippen LogP contribution < -0.4 is 10.9 Å². The number of nitrogens with one attached hydrogen (secondary N) is 2. The van der Waals surface area contributed by atoms with E-state index in [1.165, 1.54) is 82.0 Å². The normalized spacial score (nSPS) is 21.1. The Morgan fingerprint density at radius 1 is 1.07 bits per heavy atom. The lowest BCUT2D eigenvalue weighted by Crippen LogP contribution is -2.51. The van der Waals surface area contributed by atoms with E-state index in [9.17, 15) is 29.4 Å². The zero-order chi connectivity index (χ0) is 30.7. The van der Waals surface area contributed by atoms with Crippen LogP contribution in [0.2, 0.25) is 0 Å². The maximum Gasteiger partial charge on any atom is 0.280 e. The van der Waals surface area contributed by atoms with Crippen LogP contribution in [0, 0.1) is 0 Å². The first kappa shape index (κ1) is 33.5. The first-order chi connectivity index (χ1) is 20.1. The summed E-state index contributed by atoms with van der Waals surface area (Å²) in [7, 11) is 0. The van der Waals surface area contributed by atoms with Crippen LogP contribution >= 0.6 is 0 Å². The minimum absolute atomic E-state index is 0.0373. The topological polar surface area (TPSA) is 176 Å². The summed E-state index contributed by atoms with van der Waals surface area (Å²) >= 11 is 0. The van der Waals surface area contributed by atoms with E-state index in [1.54, 1.807) is 0 Å². The van der Waals surface area contributed by atoms with E-state index in [0.29, 0.717) is 6.42 Å². The number of unbranched alkanes of at least 4 members (excludes halogenated alkanes) is 12. The van der Waals surface area contributed by atoms with Crippen LogP contribution in [0.4, 0.5) is 5.95 Å². The molecular weight excluding hydrogens is 542 g/mol. The Balaban J connectivity index is 1.49. The molecule has 1 fully saturated rings. The Morgan fingerprint density at radius 3 is 2.19 bits per heavy atom. The van der Waals surface area contributed by atoms with Gasteiger partial charge in [-0.15, -0.1) is 0 Å². The van der Waals surface area contributed by atoms with Gasteiger partial charge in [0.25, 0.3) is 5.56 Å². The molecule has 1 aliphatic heterocycles. The second-order valence-electron chi connectivity index (χ2n) is 11.5. The molecule has 0 bridgehead atoms. The van der Waals surface area contributed by atoms with Gasteiger partial charge in [-0.1, -0.05) is 84.0 Å². The lowest BCUT2D eigenvalue weighted by atomic mass is 9.87. The average Bonchev–Trinajstić information content (AvgIpc) is 3.53. The van der Waals surface area contributed by atoms with Gasteiger partial charge in [0.2, 0.25) is 11.9 Å². The molecule has 4 N–H and O–H groups in total. The molecule has 0 aliphatic carbocycles. The Hall–Kier alpha value is -2.96. The maximum atomic E-state index is 12.6. The Morgan fingerprint density at radius 2 is 1.64 bits per heavy atom. The van der Waals surface area contributed by atoms with Gasteiger partial charge in [0.15, 0.2) is 34.4 Å². The number of Topliss-reactive ketones (excluding diaryl/α,β-unsaturated/α-hetero) is 2. The molecule has 0 spiro atoms. The Bertz CT molecular complexity index is 1260. The van der Waals surface area contributed by atoms with Crippen molar-refractivity contribution in [1.29, 1.82) is 0 Å². The van der Waals surface area contributed by atoms with Crippen molar-refractivity contribution in [2.45, 2.75) is 141 Å². The van der Waals surface area contributed by atoms with E-state index in [2.05, 4.69) is 27.2 Å². The van der Waals surface area contributed by atoms with Gasteiger partial charge in [-0.25, -0.2) is 4.98 Å². The largest absolute Gasteiger partial charge is 0.386 e. The van der Waals surface area contributed by atoms with E-state index in [-0.39, 0.29) is 29.4 Å². The number of amides is 1. The quantitative estimate of drug-likeness (QED) is 0.176. The fraction of sp³-hybridized carbons (Fsp3) is 0.733. The molecular formula is C30H47N5O7. The van der Waals surface area contributed by atoms with Crippen molar-refractivity contribution >= 4 is 34.6 Å². The number of aromatic amines is 1. The van der Waals surface area contributed by atoms with Crippen LogP contribution in [-0.4, -0.2) is 65.0 Å². The van der Waals surface area contributed by atoms with Crippen molar-refractivity contribution < 1.29 is 29.3 Å². The lowest BCUT2D eigenvalue weighted by molar-refractivity contribution is -0.157. The van der Waals surface area contributed by atoms with Gasteiger partial charge in [-0.3, -0.25) is 34.0 Å². The smallest absolute Gasteiger partial charge is 0.280 e. The summed E-state index contributed by atoms with van der Waals surface area (Å²) in [4.78, 5) is 60.8. The first-order valence-corrected chi connectivity index (χ1v) is 15.5. The average molecular weight is 590 g/mol. The molecule has 0 saturated carbocycles. The molecule has 4 atom stereocenters. The predicted octanol–water partition coefficient (Wildman–Crippen LogP) is 4.10. The number of H-pyrrole nitrogens is 1. The summed E-state index contributed by atoms with van der Waals surface area (Å²) in [5.41, 5.74) is -2.74. The number of anilines is 1. The highest BCUT2D eigenvalue weighted by Gasteiger charge is 2.55. The molecule has 0 radical (unpaired) electrons. The highest BCUT2D eigenvalue weighted by Crippen LogP contribution is 2.39. The highest BCUT2D eigenvalue weighted by molar-refractivity contribution is 5.97. The monoisotopic (exact) mass is 589 g/mol. The van der Waals surface area contributed by atoms with E-state index in [1.807, 2.05) is 0 Å². The number of imidazole rings is 1. The Kier molecular flexibility index (Phi) is 12.8. The molecule has 2 aromatic rings. The third-order valence-electron chi connectivity index (χ3n) is 8.00. The molecule has 2 aromatic heterocycles. The van der Waals surface area contributed by atoms with E-state index < -0.39 is 41.2 Å². The first-order valence-electron chi connectivity index (χ1n) is 15.5. The SMILES string of the molecule is CCCCCCCCCCCCCCCC(=O)Nc1nc2c(ncn2[C@H]2C[C@@](O)(C(C)=O)[C@@H](C(=O)C(C)O)O2)c(=O)[nH]1. The summed E-state index contributed by atoms with van der Waals surface area (Å²) in [6.07, 6.45) is 12.8. The number of aromatic nitrogens is 4. The lowest BCUT2D eigenvalue weighted by Gasteiger charge is -2.24. The van der Waals surface area contributed by atoms with Crippen LogP contribution in [-0.2, 0) is 19.1 Å². The van der Waals surface area contributed by atoms with Gasteiger partial charge < -0.3 is 14.9 Å². The van der Waals surface area contributed by atoms with Gasteiger partial charge in [0.1, 0.15) is 12.3 Å². The molecule has 0 aromatic carbocycles. The number of carbonyl (C=O) groups excluding carboxylic acids is 3. The van der Waals surface area contributed by atoms with Gasteiger partial charge in [-0.2, -0.15) is 4.98 Å². The van der Waals surface area contributed by atoms with Crippen LogP contribution in [0.5, 0.6) is 0 Å². The molecule has 234 valence electrons. The third kappa shape index (κ3) is 8.78. The molecule has 1 unspecified atom stereocenters. The maximum absolute atomic E-state index is 12.6. The number of ketones is 2. The number of hydrogen-bond acceptors (Lipinski definition) is 9. The van der Waals surface area contributed by atoms with Crippen molar-refractivity contribution in [1.82, 2.24) is 19.5 Å². The number of carbonyl (C=O) groups is 3. The molecule has 12 nitrogen and oxygen atoms in total. The van der Waals surface area contributed by atoms with E-state index in [4.69, 9.17) is 4.74 Å².